The Hall–Kier alpha value is -2.02. The molecule has 2 nitrogen and oxygen atoms in total. The van der Waals surface area contributed by atoms with Crippen LogP contribution in [0.3, 0.4) is 0 Å². The van der Waals surface area contributed by atoms with Crippen LogP contribution in [0.5, 0.6) is 0 Å². The van der Waals surface area contributed by atoms with Gasteiger partial charge in [-0.15, -0.1) is 6.42 Å². The van der Waals surface area contributed by atoms with Crippen LogP contribution in [-0.2, 0) is 9.47 Å². The molecule has 1 aromatic carbocycles. The molecule has 0 amide bonds. The van der Waals surface area contributed by atoms with Crippen LogP contribution in [0.1, 0.15) is 17.4 Å². The maximum atomic E-state index is 13.4. The predicted octanol–water partition coefficient (Wildman–Crippen LogP) is 2.46. The first-order valence-electron chi connectivity index (χ1n) is 4.14. The number of rotatable bonds is 1. The molecule has 0 spiro atoms. The standard InChI is InChI=1S/C11H6F2O2/c1-2-7-3-4-8(10(13)9(7)12)11-14-5-6-15-11/h1,3-6,11H. The smallest absolute Gasteiger partial charge is 0.269 e. The molecule has 2 rings (SSSR count). The van der Waals surface area contributed by atoms with Gasteiger partial charge in [-0.2, -0.15) is 0 Å². The van der Waals surface area contributed by atoms with Crippen LogP contribution in [0, 0.1) is 24.0 Å². The molecular formula is C11H6F2O2. The van der Waals surface area contributed by atoms with E-state index in [1.807, 2.05) is 5.92 Å². The highest BCUT2D eigenvalue weighted by molar-refractivity contribution is 5.37. The molecule has 0 saturated carbocycles. The molecular weight excluding hydrogens is 202 g/mol. The van der Waals surface area contributed by atoms with E-state index in [0.29, 0.717) is 0 Å². The third kappa shape index (κ3) is 1.52. The number of hydrogen-bond acceptors (Lipinski definition) is 2. The van der Waals surface area contributed by atoms with Crippen molar-refractivity contribution in [1.82, 2.24) is 0 Å². The highest BCUT2D eigenvalue weighted by Gasteiger charge is 2.23. The number of halogens is 2. The first-order chi connectivity index (χ1) is 7.24. The molecule has 0 radical (unpaired) electrons. The predicted molar refractivity (Wildman–Crippen MR) is 48.3 cm³/mol. The Kier molecular flexibility index (Phi) is 2.30. The van der Waals surface area contributed by atoms with Crippen LogP contribution in [0.15, 0.2) is 24.7 Å². The van der Waals surface area contributed by atoms with Crippen LogP contribution >= 0.6 is 0 Å². The summed E-state index contributed by atoms with van der Waals surface area (Å²) >= 11 is 0. The summed E-state index contributed by atoms with van der Waals surface area (Å²) in [5.74, 6) is -0.0619. The van der Waals surface area contributed by atoms with Crippen molar-refractivity contribution in [3.63, 3.8) is 0 Å². The lowest BCUT2D eigenvalue weighted by Crippen LogP contribution is -2.04. The molecule has 0 bridgehead atoms. The van der Waals surface area contributed by atoms with E-state index < -0.39 is 17.9 Å². The average molecular weight is 208 g/mol. The maximum absolute atomic E-state index is 13.4. The van der Waals surface area contributed by atoms with Crippen molar-refractivity contribution in [3.8, 4) is 12.3 Å². The van der Waals surface area contributed by atoms with E-state index in [1.54, 1.807) is 0 Å². The van der Waals surface area contributed by atoms with Gasteiger partial charge in [-0.1, -0.05) is 5.92 Å². The number of ether oxygens (including phenoxy) is 2. The molecule has 1 heterocycles. The quantitative estimate of drug-likeness (QED) is 0.660. The minimum atomic E-state index is -1.06. The second-order valence-corrected chi connectivity index (χ2v) is 2.85. The molecule has 0 aromatic heterocycles. The Morgan fingerprint density at radius 1 is 1.13 bits per heavy atom. The van der Waals surface area contributed by atoms with Gasteiger partial charge in [-0.25, -0.2) is 8.78 Å². The van der Waals surface area contributed by atoms with Crippen molar-refractivity contribution >= 4 is 0 Å². The third-order valence-electron chi connectivity index (χ3n) is 1.98. The number of benzene rings is 1. The average Bonchev–Trinajstić information content (AvgIpc) is 2.75. The summed E-state index contributed by atoms with van der Waals surface area (Å²) in [4.78, 5) is 0. The Morgan fingerprint density at radius 3 is 2.40 bits per heavy atom. The van der Waals surface area contributed by atoms with E-state index in [-0.39, 0.29) is 11.1 Å². The Balaban J connectivity index is 2.42. The second kappa shape index (κ2) is 3.62. The van der Waals surface area contributed by atoms with Crippen molar-refractivity contribution in [3.05, 3.63) is 47.4 Å². The van der Waals surface area contributed by atoms with Gasteiger partial charge in [0.1, 0.15) is 12.5 Å². The van der Waals surface area contributed by atoms with Gasteiger partial charge in [0.2, 0.25) is 0 Å². The van der Waals surface area contributed by atoms with Gasteiger partial charge in [0, 0.05) is 0 Å². The SMILES string of the molecule is C#Cc1ccc(C2OC=CO2)c(F)c1F. The molecule has 1 aliphatic heterocycles. The molecule has 4 heteroatoms. The zero-order valence-electron chi connectivity index (χ0n) is 7.54. The molecule has 1 aliphatic rings. The summed E-state index contributed by atoms with van der Waals surface area (Å²) in [7, 11) is 0. The lowest BCUT2D eigenvalue weighted by Gasteiger charge is -2.11. The molecule has 0 N–H and O–H groups in total. The number of hydrogen-bond donors (Lipinski definition) is 0. The highest BCUT2D eigenvalue weighted by Crippen LogP contribution is 2.28. The highest BCUT2D eigenvalue weighted by atomic mass is 19.2. The van der Waals surface area contributed by atoms with Crippen LogP contribution in [0.4, 0.5) is 8.78 Å². The summed E-state index contributed by atoms with van der Waals surface area (Å²) < 4.78 is 36.5. The van der Waals surface area contributed by atoms with Gasteiger partial charge >= 0.3 is 0 Å². The van der Waals surface area contributed by atoms with Gasteiger partial charge in [0.05, 0.1) is 11.1 Å². The Bertz CT molecular complexity index is 452. The van der Waals surface area contributed by atoms with Gasteiger partial charge in [0.15, 0.2) is 11.6 Å². The van der Waals surface area contributed by atoms with E-state index >= 15 is 0 Å². The fourth-order valence-electron chi connectivity index (χ4n) is 1.24. The second-order valence-electron chi connectivity index (χ2n) is 2.85. The van der Waals surface area contributed by atoms with Crippen molar-refractivity contribution in [2.24, 2.45) is 0 Å². The zero-order chi connectivity index (χ0) is 10.8. The largest absolute Gasteiger partial charge is 0.455 e. The lowest BCUT2D eigenvalue weighted by molar-refractivity contribution is -0.0275. The van der Waals surface area contributed by atoms with E-state index in [0.717, 1.165) is 0 Å². The van der Waals surface area contributed by atoms with Crippen LogP contribution in [-0.4, -0.2) is 0 Å². The minimum Gasteiger partial charge on any atom is -0.455 e. The fourth-order valence-corrected chi connectivity index (χ4v) is 1.24. The molecule has 1 aromatic rings. The molecule has 0 aliphatic carbocycles. The monoisotopic (exact) mass is 208 g/mol. The van der Waals surface area contributed by atoms with E-state index in [1.165, 1.54) is 24.7 Å². The molecule has 15 heavy (non-hydrogen) atoms. The van der Waals surface area contributed by atoms with E-state index in [9.17, 15) is 8.78 Å². The lowest BCUT2D eigenvalue weighted by atomic mass is 10.1. The minimum absolute atomic E-state index is 0.0171. The molecule has 0 saturated heterocycles. The summed E-state index contributed by atoms with van der Waals surface area (Å²) in [5, 5.41) is 0. The van der Waals surface area contributed by atoms with Crippen LogP contribution in [0.2, 0.25) is 0 Å². The van der Waals surface area contributed by atoms with Crippen molar-refractivity contribution in [2.75, 3.05) is 0 Å². The van der Waals surface area contributed by atoms with Gasteiger partial charge < -0.3 is 9.47 Å². The van der Waals surface area contributed by atoms with Crippen molar-refractivity contribution in [1.29, 1.82) is 0 Å². The Labute approximate surface area is 85.1 Å². The topological polar surface area (TPSA) is 18.5 Å². The Morgan fingerprint density at radius 2 is 1.80 bits per heavy atom. The molecule has 0 fully saturated rings. The van der Waals surface area contributed by atoms with Gasteiger partial charge in [-0.3, -0.25) is 0 Å². The van der Waals surface area contributed by atoms with E-state index in [2.05, 4.69) is 0 Å². The normalized spacial score (nSPS) is 14.5. The van der Waals surface area contributed by atoms with E-state index in [4.69, 9.17) is 15.9 Å². The molecule has 0 atom stereocenters. The van der Waals surface area contributed by atoms with Crippen molar-refractivity contribution < 1.29 is 18.3 Å². The summed E-state index contributed by atoms with van der Waals surface area (Å²) in [5.41, 5.74) is -0.140. The summed E-state index contributed by atoms with van der Waals surface area (Å²) in [6.45, 7) is 0. The summed E-state index contributed by atoms with van der Waals surface area (Å²) in [6.07, 6.45) is 6.58. The summed E-state index contributed by atoms with van der Waals surface area (Å²) in [6, 6.07) is 2.64. The first-order valence-corrected chi connectivity index (χ1v) is 4.14. The first kappa shape index (κ1) is 9.53. The van der Waals surface area contributed by atoms with Crippen LogP contribution < -0.4 is 0 Å². The van der Waals surface area contributed by atoms with Gasteiger partial charge in [-0.05, 0) is 12.1 Å². The zero-order valence-corrected chi connectivity index (χ0v) is 7.54. The maximum Gasteiger partial charge on any atom is 0.269 e. The molecule has 0 unspecified atom stereocenters. The fraction of sp³-hybridized carbons (Fsp3) is 0.0909. The number of terminal acetylenes is 1. The van der Waals surface area contributed by atoms with Crippen molar-refractivity contribution in [2.45, 2.75) is 6.29 Å². The van der Waals surface area contributed by atoms with Gasteiger partial charge in [0.25, 0.3) is 6.29 Å². The third-order valence-corrected chi connectivity index (χ3v) is 1.98. The molecule has 76 valence electrons. The van der Waals surface area contributed by atoms with Crippen LogP contribution in [0.25, 0.3) is 0 Å².